The molecule has 0 aliphatic carbocycles. The summed E-state index contributed by atoms with van der Waals surface area (Å²) in [6, 6.07) is 5.99. The lowest BCUT2D eigenvalue weighted by Crippen LogP contribution is -2.37. The normalized spacial score (nSPS) is 11.5. The minimum Gasteiger partial charge on any atom is -0.495 e. The third kappa shape index (κ3) is 2.89. The van der Waals surface area contributed by atoms with Crippen molar-refractivity contribution in [1.29, 1.82) is 0 Å². The number of anilines is 1. The van der Waals surface area contributed by atoms with Gasteiger partial charge < -0.3 is 14.6 Å². The van der Waals surface area contributed by atoms with Crippen LogP contribution in [0.2, 0.25) is 0 Å². The molecule has 4 aromatic rings. The Morgan fingerprint density at radius 1 is 1.14 bits per heavy atom. The van der Waals surface area contributed by atoms with Gasteiger partial charge in [-0.25, -0.2) is 4.79 Å². The Morgan fingerprint density at radius 2 is 1.90 bits per heavy atom. The summed E-state index contributed by atoms with van der Waals surface area (Å²) in [4.78, 5) is 29.5. The summed E-state index contributed by atoms with van der Waals surface area (Å²) < 4.78 is 11.7. The van der Waals surface area contributed by atoms with Gasteiger partial charge >= 0.3 is 5.69 Å². The summed E-state index contributed by atoms with van der Waals surface area (Å²) in [5.74, 6) is 1.42. The number of hydrogen-bond donors (Lipinski definition) is 1. The largest absolute Gasteiger partial charge is 0.495 e. The van der Waals surface area contributed by atoms with E-state index in [4.69, 9.17) is 4.74 Å². The quantitative estimate of drug-likeness (QED) is 0.551. The summed E-state index contributed by atoms with van der Waals surface area (Å²) in [7, 11) is 4.75. The van der Waals surface area contributed by atoms with Gasteiger partial charge in [0.15, 0.2) is 11.2 Å². The number of aryl methyl sites for hydroxylation is 3. The summed E-state index contributed by atoms with van der Waals surface area (Å²) in [6.45, 7) is 5.29. The van der Waals surface area contributed by atoms with Crippen LogP contribution in [0.3, 0.4) is 0 Å². The second-order valence-corrected chi connectivity index (χ2v) is 7.21. The third-order valence-corrected chi connectivity index (χ3v) is 5.26. The van der Waals surface area contributed by atoms with Crippen molar-refractivity contribution >= 4 is 22.6 Å². The lowest BCUT2D eigenvalue weighted by molar-refractivity contribution is 0.416. The fourth-order valence-corrected chi connectivity index (χ4v) is 3.67. The molecule has 1 aromatic carbocycles. The highest BCUT2D eigenvalue weighted by Crippen LogP contribution is 2.25. The van der Waals surface area contributed by atoms with Gasteiger partial charge in [0.25, 0.3) is 5.56 Å². The summed E-state index contributed by atoms with van der Waals surface area (Å²) in [5.41, 5.74) is 3.09. The summed E-state index contributed by atoms with van der Waals surface area (Å²) in [5, 5.41) is 3.41. The molecule has 3 heterocycles. The molecule has 0 radical (unpaired) electrons. The zero-order chi connectivity index (χ0) is 20.9. The van der Waals surface area contributed by atoms with Crippen LogP contribution >= 0.6 is 0 Å². The van der Waals surface area contributed by atoms with Crippen LogP contribution in [0.1, 0.15) is 11.3 Å². The van der Waals surface area contributed by atoms with Crippen molar-refractivity contribution in [2.45, 2.75) is 20.4 Å². The second-order valence-electron chi connectivity index (χ2n) is 7.21. The van der Waals surface area contributed by atoms with Crippen LogP contribution in [0.5, 0.6) is 5.75 Å². The molecule has 0 aliphatic rings. The molecular formula is C20H24N6O3. The highest BCUT2D eigenvalue weighted by molar-refractivity contribution is 5.75. The Morgan fingerprint density at radius 3 is 2.62 bits per heavy atom. The van der Waals surface area contributed by atoms with Crippen molar-refractivity contribution in [3.8, 4) is 5.75 Å². The van der Waals surface area contributed by atoms with Gasteiger partial charge in [-0.3, -0.25) is 18.3 Å². The second kappa shape index (κ2) is 6.84. The van der Waals surface area contributed by atoms with Crippen molar-refractivity contribution in [1.82, 2.24) is 23.1 Å². The van der Waals surface area contributed by atoms with E-state index in [1.807, 2.05) is 42.8 Å². The average molecular weight is 396 g/mol. The molecule has 9 nitrogen and oxygen atoms in total. The van der Waals surface area contributed by atoms with Crippen LogP contribution in [-0.2, 0) is 20.6 Å². The maximum Gasteiger partial charge on any atom is 0.332 e. The van der Waals surface area contributed by atoms with Crippen LogP contribution in [0.15, 0.2) is 34.0 Å². The predicted molar refractivity (Wildman–Crippen MR) is 112 cm³/mol. The number of nitrogens with one attached hydrogen (secondary N) is 1. The number of benzene rings is 1. The predicted octanol–water partition coefficient (Wildman–Crippen LogP) is 1.42. The van der Waals surface area contributed by atoms with E-state index in [0.29, 0.717) is 30.0 Å². The number of aromatic nitrogens is 5. The van der Waals surface area contributed by atoms with Crippen molar-refractivity contribution < 1.29 is 4.74 Å². The topological polar surface area (TPSA) is 87.5 Å². The van der Waals surface area contributed by atoms with Gasteiger partial charge in [0.1, 0.15) is 5.75 Å². The molecule has 152 valence electrons. The van der Waals surface area contributed by atoms with Crippen LogP contribution in [0.4, 0.5) is 5.69 Å². The fourth-order valence-electron chi connectivity index (χ4n) is 3.67. The number of methoxy groups -OCH3 is 1. The first kappa shape index (κ1) is 18.9. The molecule has 0 amide bonds. The number of hydrogen-bond acceptors (Lipinski definition) is 5. The Kier molecular flexibility index (Phi) is 4.45. The molecular weight excluding hydrogens is 372 g/mol. The Hall–Kier alpha value is -3.49. The van der Waals surface area contributed by atoms with Gasteiger partial charge in [-0.1, -0.05) is 6.07 Å². The molecule has 3 aromatic heterocycles. The first-order chi connectivity index (χ1) is 13.8. The first-order valence-electron chi connectivity index (χ1n) is 9.36. The fraction of sp³-hybridized carbons (Fsp3) is 0.350. The first-order valence-corrected chi connectivity index (χ1v) is 9.36. The van der Waals surface area contributed by atoms with Gasteiger partial charge in [0.2, 0.25) is 5.78 Å². The molecule has 0 saturated carbocycles. The number of rotatable bonds is 5. The lowest BCUT2D eigenvalue weighted by atomic mass is 10.2. The Bertz CT molecular complexity index is 1360. The smallest absolute Gasteiger partial charge is 0.332 e. The van der Waals surface area contributed by atoms with E-state index in [1.54, 1.807) is 18.6 Å². The Balaban J connectivity index is 1.72. The molecule has 0 unspecified atom stereocenters. The maximum absolute atomic E-state index is 12.7. The minimum absolute atomic E-state index is 0.352. The average Bonchev–Trinajstić information content (AvgIpc) is 3.20. The van der Waals surface area contributed by atoms with Gasteiger partial charge in [0, 0.05) is 39.1 Å². The molecule has 0 saturated heterocycles. The van der Waals surface area contributed by atoms with E-state index in [-0.39, 0.29) is 11.2 Å². The molecule has 0 fully saturated rings. The van der Waals surface area contributed by atoms with Crippen molar-refractivity contribution in [3.63, 3.8) is 0 Å². The standard InChI is InChI=1S/C20H24N6O3/c1-12-6-7-15(29-5)14(10-12)21-8-9-25-13(2)11-26-16-17(22-19(25)26)23(3)20(28)24(4)18(16)27/h6-7,10-11,21H,8-9H2,1-5H3. The maximum atomic E-state index is 12.7. The molecule has 9 heteroatoms. The Labute approximate surface area is 166 Å². The number of imidazole rings is 2. The number of fused-ring (bicyclic) bond motifs is 3. The third-order valence-electron chi connectivity index (χ3n) is 5.26. The van der Waals surface area contributed by atoms with Gasteiger partial charge in [-0.15, -0.1) is 0 Å². The van der Waals surface area contributed by atoms with Crippen molar-refractivity contribution in [2.24, 2.45) is 14.1 Å². The van der Waals surface area contributed by atoms with Crippen molar-refractivity contribution in [2.75, 3.05) is 19.0 Å². The summed E-state index contributed by atoms with van der Waals surface area (Å²) >= 11 is 0. The monoisotopic (exact) mass is 396 g/mol. The molecule has 0 atom stereocenters. The van der Waals surface area contributed by atoms with Crippen LogP contribution in [0.25, 0.3) is 16.9 Å². The molecule has 29 heavy (non-hydrogen) atoms. The summed E-state index contributed by atoms with van der Waals surface area (Å²) in [6.07, 6.45) is 1.88. The van der Waals surface area contributed by atoms with E-state index in [0.717, 1.165) is 27.3 Å². The zero-order valence-electron chi connectivity index (χ0n) is 17.2. The number of ether oxygens (including phenoxy) is 1. The van der Waals surface area contributed by atoms with E-state index in [2.05, 4.69) is 10.3 Å². The van der Waals surface area contributed by atoms with Gasteiger partial charge in [-0.05, 0) is 31.5 Å². The molecule has 1 N–H and O–H groups in total. The van der Waals surface area contributed by atoms with E-state index in [9.17, 15) is 9.59 Å². The van der Waals surface area contributed by atoms with Crippen LogP contribution in [-0.4, -0.2) is 36.7 Å². The highest BCUT2D eigenvalue weighted by atomic mass is 16.5. The van der Waals surface area contributed by atoms with E-state index in [1.165, 1.54) is 11.6 Å². The molecule has 4 rings (SSSR count). The molecule has 0 bridgehead atoms. The van der Waals surface area contributed by atoms with Crippen LogP contribution < -0.4 is 21.3 Å². The van der Waals surface area contributed by atoms with Crippen molar-refractivity contribution in [3.05, 3.63) is 56.5 Å². The molecule has 0 aliphatic heterocycles. The highest BCUT2D eigenvalue weighted by Gasteiger charge is 2.18. The SMILES string of the molecule is COc1ccc(C)cc1NCCn1c(C)cn2c3c(=O)n(C)c(=O)n(C)c3nc12. The van der Waals surface area contributed by atoms with Gasteiger partial charge in [0.05, 0.1) is 12.8 Å². The number of nitrogens with zero attached hydrogens (tertiary/aromatic N) is 5. The van der Waals surface area contributed by atoms with E-state index < -0.39 is 0 Å². The molecule has 0 spiro atoms. The van der Waals surface area contributed by atoms with Crippen LogP contribution in [0, 0.1) is 13.8 Å². The lowest BCUT2D eigenvalue weighted by Gasteiger charge is -2.13. The van der Waals surface area contributed by atoms with Gasteiger partial charge in [-0.2, -0.15) is 4.98 Å². The zero-order valence-corrected chi connectivity index (χ0v) is 17.2. The minimum atomic E-state index is -0.389. The van der Waals surface area contributed by atoms with E-state index >= 15 is 0 Å².